The van der Waals surface area contributed by atoms with E-state index in [4.69, 9.17) is 0 Å². The zero-order valence-electron chi connectivity index (χ0n) is 18.9. The first kappa shape index (κ1) is 25.1. The van der Waals surface area contributed by atoms with Crippen LogP contribution in [0.1, 0.15) is 45.5 Å². The Hall–Kier alpha value is -3.01. The lowest BCUT2D eigenvalue weighted by Gasteiger charge is -2.35. The minimum absolute atomic E-state index is 0.0542. The standard InChI is InChI=1S/C26H25BrN2O5S/c27-20-11-14-24(23(17-20)26(31)32)28-25(30)19-9-12-22(13-10-19)35(33,34)29-15-5-4-8-21(29)16-18-6-2-1-3-7-18/h1-3,6-7,9-14,17,21H,4-5,8,15-16H2,(H,28,30)(H,31,32). The Bertz CT molecular complexity index is 1330. The maximum absolute atomic E-state index is 13.5. The Balaban J connectivity index is 1.52. The molecule has 1 atom stereocenters. The van der Waals surface area contributed by atoms with Gasteiger partial charge in [-0.3, -0.25) is 4.79 Å². The second-order valence-corrected chi connectivity index (χ2v) is 11.2. The summed E-state index contributed by atoms with van der Waals surface area (Å²) in [6.45, 7) is 0.462. The molecule has 1 heterocycles. The van der Waals surface area contributed by atoms with Gasteiger partial charge in [-0.25, -0.2) is 13.2 Å². The van der Waals surface area contributed by atoms with E-state index in [0.29, 0.717) is 17.4 Å². The fourth-order valence-electron chi connectivity index (χ4n) is 4.29. The van der Waals surface area contributed by atoms with Crippen molar-refractivity contribution in [2.75, 3.05) is 11.9 Å². The second kappa shape index (κ2) is 10.7. The van der Waals surface area contributed by atoms with Gasteiger partial charge in [0.25, 0.3) is 5.91 Å². The van der Waals surface area contributed by atoms with Crippen molar-refractivity contribution in [2.24, 2.45) is 0 Å². The maximum atomic E-state index is 13.5. The predicted octanol–water partition coefficient (Wildman–Crippen LogP) is 5.19. The highest BCUT2D eigenvalue weighted by Crippen LogP contribution is 2.28. The third-order valence-electron chi connectivity index (χ3n) is 6.07. The summed E-state index contributed by atoms with van der Waals surface area (Å²) in [5.74, 6) is -1.70. The van der Waals surface area contributed by atoms with Gasteiger partial charge < -0.3 is 10.4 Å². The third-order valence-corrected chi connectivity index (χ3v) is 8.53. The predicted molar refractivity (Wildman–Crippen MR) is 137 cm³/mol. The molecule has 0 aromatic heterocycles. The van der Waals surface area contributed by atoms with Crippen molar-refractivity contribution in [2.45, 2.75) is 36.6 Å². The van der Waals surface area contributed by atoms with Crippen molar-refractivity contribution in [1.29, 1.82) is 0 Å². The van der Waals surface area contributed by atoms with Crippen LogP contribution >= 0.6 is 15.9 Å². The number of amides is 1. The first-order chi connectivity index (χ1) is 16.8. The van der Waals surface area contributed by atoms with E-state index >= 15 is 0 Å². The van der Waals surface area contributed by atoms with Gasteiger partial charge in [0, 0.05) is 22.6 Å². The van der Waals surface area contributed by atoms with Crippen molar-refractivity contribution in [1.82, 2.24) is 4.31 Å². The van der Waals surface area contributed by atoms with Crippen molar-refractivity contribution in [3.63, 3.8) is 0 Å². The molecule has 35 heavy (non-hydrogen) atoms. The monoisotopic (exact) mass is 556 g/mol. The lowest BCUT2D eigenvalue weighted by atomic mass is 9.98. The molecular formula is C26H25BrN2O5S. The molecule has 0 radical (unpaired) electrons. The molecule has 1 unspecified atom stereocenters. The van der Waals surface area contributed by atoms with Gasteiger partial charge in [0.15, 0.2) is 0 Å². The van der Waals surface area contributed by atoms with Crippen LogP contribution in [0.2, 0.25) is 0 Å². The van der Waals surface area contributed by atoms with Crippen molar-refractivity contribution in [3.05, 3.63) is 94.0 Å². The van der Waals surface area contributed by atoms with Crippen LogP contribution in [0.5, 0.6) is 0 Å². The number of halogens is 1. The molecule has 7 nitrogen and oxygen atoms in total. The molecule has 1 fully saturated rings. The smallest absolute Gasteiger partial charge is 0.337 e. The van der Waals surface area contributed by atoms with Gasteiger partial charge in [-0.2, -0.15) is 4.31 Å². The zero-order chi connectivity index (χ0) is 25.0. The van der Waals surface area contributed by atoms with Crippen LogP contribution in [0.4, 0.5) is 5.69 Å². The van der Waals surface area contributed by atoms with Gasteiger partial charge >= 0.3 is 5.97 Å². The van der Waals surface area contributed by atoms with E-state index in [9.17, 15) is 23.1 Å². The van der Waals surface area contributed by atoms with E-state index in [-0.39, 0.29) is 27.8 Å². The van der Waals surface area contributed by atoms with Gasteiger partial charge in [-0.1, -0.05) is 52.7 Å². The Morgan fingerprint density at radius 2 is 1.71 bits per heavy atom. The van der Waals surface area contributed by atoms with Crippen LogP contribution in [0, 0.1) is 0 Å². The molecule has 2 N–H and O–H groups in total. The summed E-state index contributed by atoms with van der Waals surface area (Å²) in [7, 11) is -3.74. The fraction of sp³-hybridized carbons (Fsp3) is 0.231. The number of sulfonamides is 1. The highest BCUT2D eigenvalue weighted by Gasteiger charge is 2.33. The molecule has 3 aromatic carbocycles. The summed E-state index contributed by atoms with van der Waals surface area (Å²) in [4.78, 5) is 24.3. The summed E-state index contributed by atoms with van der Waals surface area (Å²) in [6, 6.07) is 20.0. The minimum atomic E-state index is -3.74. The van der Waals surface area contributed by atoms with E-state index in [2.05, 4.69) is 21.2 Å². The van der Waals surface area contributed by atoms with E-state index in [1.165, 1.54) is 36.4 Å². The zero-order valence-corrected chi connectivity index (χ0v) is 21.3. The van der Waals surface area contributed by atoms with E-state index < -0.39 is 21.9 Å². The number of nitrogens with zero attached hydrogens (tertiary/aromatic N) is 1. The minimum Gasteiger partial charge on any atom is -0.478 e. The molecule has 0 spiro atoms. The lowest BCUT2D eigenvalue weighted by molar-refractivity contribution is 0.0698. The number of carbonyl (C=O) groups excluding carboxylic acids is 1. The molecule has 1 amide bonds. The molecule has 182 valence electrons. The van der Waals surface area contributed by atoms with Crippen LogP contribution in [0.3, 0.4) is 0 Å². The molecule has 3 aromatic rings. The molecule has 1 aliphatic heterocycles. The van der Waals surface area contributed by atoms with Gasteiger partial charge in [0.1, 0.15) is 0 Å². The normalized spacial score (nSPS) is 16.5. The lowest BCUT2D eigenvalue weighted by Crippen LogP contribution is -2.44. The number of carbonyl (C=O) groups is 2. The average Bonchev–Trinajstić information content (AvgIpc) is 2.86. The van der Waals surface area contributed by atoms with Gasteiger partial charge in [-0.15, -0.1) is 0 Å². The molecule has 1 aliphatic rings. The number of anilines is 1. The summed E-state index contributed by atoms with van der Waals surface area (Å²) in [6.07, 6.45) is 3.24. The Kier molecular flexibility index (Phi) is 7.69. The second-order valence-electron chi connectivity index (χ2n) is 8.43. The molecule has 4 rings (SSSR count). The summed E-state index contributed by atoms with van der Waals surface area (Å²) < 4.78 is 29.1. The number of benzene rings is 3. The van der Waals surface area contributed by atoms with E-state index in [0.717, 1.165) is 24.8 Å². The molecule has 0 bridgehead atoms. The Morgan fingerprint density at radius 3 is 2.40 bits per heavy atom. The number of hydrogen-bond donors (Lipinski definition) is 2. The van der Waals surface area contributed by atoms with E-state index in [1.807, 2.05) is 30.3 Å². The highest BCUT2D eigenvalue weighted by molar-refractivity contribution is 9.10. The van der Waals surface area contributed by atoms with E-state index in [1.54, 1.807) is 10.4 Å². The molecule has 1 saturated heterocycles. The van der Waals surface area contributed by atoms with Crippen LogP contribution in [0.25, 0.3) is 0 Å². The Morgan fingerprint density at radius 1 is 1.00 bits per heavy atom. The van der Waals surface area contributed by atoms with Crippen molar-refractivity contribution >= 4 is 43.5 Å². The molecule has 9 heteroatoms. The molecular weight excluding hydrogens is 532 g/mol. The summed E-state index contributed by atoms with van der Waals surface area (Å²) in [5, 5.41) is 12.0. The number of carboxylic acids is 1. The third kappa shape index (κ3) is 5.80. The number of piperidine rings is 1. The van der Waals surface area contributed by atoms with Crippen molar-refractivity contribution in [3.8, 4) is 0 Å². The van der Waals surface area contributed by atoms with Crippen LogP contribution < -0.4 is 5.32 Å². The topological polar surface area (TPSA) is 104 Å². The van der Waals surface area contributed by atoms with Gasteiger partial charge in [0.05, 0.1) is 16.1 Å². The van der Waals surface area contributed by atoms with Crippen LogP contribution in [-0.2, 0) is 16.4 Å². The quantitative estimate of drug-likeness (QED) is 0.417. The largest absolute Gasteiger partial charge is 0.478 e. The summed E-state index contributed by atoms with van der Waals surface area (Å²) >= 11 is 3.22. The number of aromatic carboxylic acids is 1. The van der Waals surface area contributed by atoms with Gasteiger partial charge in [0.2, 0.25) is 10.0 Å². The maximum Gasteiger partial charge on any atom is 0.337 e. The average molecular weight is 557 g/mol. The van der Waals surface area contributed by atoms with Crippen LogP contribution in [0.15, 0.2) is 82.2 Å². The highest BCUT2D eigenvalue weighted by atomic mass is 79.9. The van der Waals surface area contributed by atoms with Gasteiger partial charge in [-0.05, 0) is 67.3 Å². The number of nitrogens with one attached hydrogen (secondary N) is 1. The Labute approximate surface area is 213 Å². The van der Waals surface area contributed by atoms with Crippen LogP contribution in [-0.4, -0.2) is 42.3 Å². The number of hydrogen-bond acceptors (Lipinski definition) is 4. The molecule has 0 aliphatic carbocycles. The summed E-state index contributed by atoms with van der Waals surface area (Å²) in [5.41, 5.74) is 1.42. The number of rotatable bonds is 7. The first-order valence-corrected chi connectivity index (χ1v) is 13.5. The first-order valence-electron chi connectivity index (χ1n) is 11.3. The fourth-order valence-corrected chi connectivity index (χ4v) is 6.35. The SMILES string of the molecule is O=C(Nc1ccc(Br)cc1C(=O)O)c1ccc(S(=O)(=O)N2CCCCC2Cc2ccccc2)cc1. The number of carboxylic acid groups (broad SMARTS) is 1. The van der Waals surface area contributed by atoms with Crippen molar-refractivity contribution < 1.29 is 23.1 Å². The molecule has 0 saturated carbocycles.